The first-order chi connectivity index (χ1) is 9.77. The average Bonchev–Trinajstić information content (AvgIpc) is 2.39. The fraction of sp³-hybridized carbons (Fsp3) is 0.375. The first-order valence-electron chi connectivity index (χ1n) is 6.80. The summed E-state index contributed by atoms with van der Waals surface area (Å²) in [5, 5.41) is 3.65. The highest BCUT2D eigenvalue weighted by Crippen LogP contribution is 2.26. The molecule has 112 valence electrons. The van der Waals surface area contributed by atoms with Gasteiger partial charge in [0.25, 0.3) is 0 Å². The molecule has 0 bridgehead atoms. The molecule has 2 rings (SSSR count). The minimum Gasteiger partial charge on any atom is -0.366 e. The van der Waals surface area contributed by atoms with Crippen LogP contribution in [0.15, 0.2) is 24.3 Å². The monoisotopic (exact) mass is 307 g/mol. The summed E-state index contributed by atoms with van der Waals surface area (Å²) in [5.41, 5.74) is 1.45. The number of hydrogen-bond donors (Lipinski definition) is 1. The van der Waals surface area contributed by atoms with Gasteiger partial charge in [0.15, 0.2) is 0 Å². The van der Waals surface area contributed by atoms with Crippen molar-refractivity contribution in [3.05, 3.63) is 52.2 Å². The van der Waals surface area contributed by atoms with Gasteiger partial charge in [0.05, 0.1) is 0 Å². The minimum absolute atomic E-state index is 0.188. The molecule has 1 heterocycles. The Hall–Kier alpha value is -1.68. The van der Waals surface area contributed by atoms with Gasteiger partial charge >= 0.3 is 0 Å². The molecule has 0 radical (unpaired) electrons. The van der Waals surface area contributed by atoms with Crippen LogP contribution in [-0.4, -0.2) is 9.97 Å². The van der Waals surface area contributed by atoms with Crippen LogP contribution in [0.4, 0.5) is 10.2 Å². The van der Waals surface area contributed by atoms with E-state index in [0.29, 0.717) is 23.3 Å². The number of nitrogens with one attached hydrogen (secondary N) is 1. The second-order valence-electron chi connectivity index (χ2n) is 6.05. The van der Waals surface area contributed by atoms with Crippen LogP contribution in [0.2, 0.25) is 5.15 Å². The molecule has 0 unspecified atom stereocenters. The van der Waals surface area contributed by atoms with Gasteiger partial charge in [-0.25, -0.2) is 14.4 Å². The zero-order valence-corrected chi connectivity index (χ0v) is 13.4. The standard InChI is InChI=1S/C16H19ClFN3/c1-10-13(17)20-15(16(2,3)4)21-14(10)19-9-11-6-5-7-12(18)8-11/h5-8H,9H2,1-4H3,(H,19,20,21). The highest BCUT2D eigenvalue weighted by Gasteiger charge is 2.20. The van der Waals surface area contributed by atoms with E-state index in [1.54, 1.807) is 6.07 Å². The molecule has 0 saturated heterocycles. The number of halogens is 2. The molecule has 0 aliphatic carbocycles. The Balaban J connectivity index is 2.25. The lowest BCUT2D eigenvalue weighted by molar-refractivity contribution is 0.545. The minimum atomic E-state index is -0.248. The van der Waals surface area contributed by atoms with Crippen molar-refractivity contribution >= 4 is 17.4 Å². The molecule has 21 heavy (non-hydrogen) atoms. The Bertz CT molecular complexity index is 650. The molecule has 2 aromatic rings. The highest BCUT2D eigenvalue weighted by molar-refractivity contribution is 6.30. The Labute approximate surface area is 129 Å². The fourth-order valence-corrected chi connectivity index (χ4v) is 2.00. The van der Waals surface area contributed by atoms with Gasteiger partial charge in [0.1, 0.15) is 22.6 Å². The zero-order chi connectivity index (χ0) is 15.6. The first kappa shape index (κ1) is 15.7. The van der Waals surface area contributed by atoms with E-state index in [-0.39, 0.29) is 11.2 Å². The predicted octanol–water partition coefficient (Wildman–Crippen LogP) is 4.49. The summed E-state index contributed by atoms with van der Waals surface area (Å²) >= 11 is 6.18. The molecule has 0 fully saturated rings. The molecule has 0 aliphatic rings. The maximum atomic E-state index is 13.2. The molecule has 5 heteroatoms. The molecule has 0 amide bonds. The molecular formula is C16H19ClFN3. The summed E-state index contributed by atoms with van der Waals surface area (Å²) in [5.74, 6) is 1.12. The zero-order valence-electron chi connectivity index (χ0n) is 12.7. The Morgan fingerprint density at radius 2 is 1.95 bits per heavy atom. The first-order valence-corrected chi connectivity index (χ1v) is 7.18. The van der Waals surface area contributed by atoms with Crippen molar-refractivity contribution in [1.82, 2.24) is 9.97 Å². The Morgan fingerprint density at radius 3 is 2.57 bits per heavy atom. The number of benzene rings is 1. The third-order valence-corrected chi connectivity index (χ3v) is 3.47. The number of nitrogens with zero attached hydrogens (tertiary/aromatic N) is 2. The molecule has 0 saturated carbocycles. The van der Waals surface area contributed by atoms with Crippen LogP contribution in [0.1, 0.15) is 37.7 Å². The molecule has 0 atom stereocenters. The second-order valence-corrected chi connectivity index (χ2v) is 6.40. The maximum Gasteiger partial charge on any atom is 0.137 e. The molecule has 1 N–H and O–H groups in total. The number of anilines is 1. The van der Waals surface area contributed by atoms with Crippen molar-refractivity contribution < 1.29 is 4.39 Å². The number of rotatable bonds is 3. The van der Waals surface area contributed by atoms with E-state index in [2.05, 4.69) is 15.3 Å². The van der Waals surface area contributed by atoms with Crippen molar-refractivity contribution in [2.24, 2.45) is 0 Å². The van der Waals surface area contributed by atoms with Crippen LogP contribution in [0.3, 0.4) is 0 Å². The van der Waals surface area contributed by atoms with Crippen molar-refractivity contribution in [2.75, 3.05) is 5.32 Å². The van der Waals surface area contributed by atoms with E-state index in [4.69, 9.17) is 11.6 Å². The van der Waals surface area contributed by atoms with E-state index in [1.807, 2.05) is 33.8 Å². The van der Waals surface area contributed by atoms with Gasteiger partial charge in [-0.3, -0.25) is 0 Å². The Morgan fingerprint density at radius 1 is 1.24 bits per heavy atom. The fourth-order valence-electron chi connectivity index (χ4n) is 1.83. The van der Waals surface area contributed by atoms with Gasteiger partial charge in [0.2, 0.25) is 0 Å². The average molecular weight is 308 g/mol. The lowest BCUT2D eigenvalue weighted by Gasteiger charge is -2.19. The lowest BCUT2D eigenvalue weighted by Crippen LogP contribution is -2.18. The van der Waals surface area contributed by atoms with Gasteiger partial charge in [-0.2, -0.15) is 0 Å². The molecule has 0 aliphatic heterocycles. The predicted molar refractivity (Wildman–Crippen MR) is 84.2 cm³/mol. The van der Waals surface area contributed by atoms with E-state index in [1.165, 1.54) is 12.1 Å². The van der Waals surface area contributed by atoms with E-state index >= 15 is 0 Å². The smallest absolute Gasteiger partial charge is 0.137 e. The van der Waals surface area contributed by atoms with Crippen LogP contribution in [0.5, 0.6) is 0 Å². The van der Waals surface area contributed by atoms with Gasteiger partial charge in [-0.05, 0) is 24.6 Å². The van der Waals surface area contributed by atoms with E-state index < -0.39 is 0 Å². The molecule has 1 aromatic heterocycles. The molecule has 0 spiro atoms. The van der Waals surface area contributed by atoms with Gasteiger partial charge in [-0.1, -0.05) is 44.5 Å². The normalized spacial score (nSPS) is 11.5. The Kier molecular flexibility index (Phi) is 4.47. The van der Waals surface area contributed by atoms with Crippen LogP contribution in [-0.2, 0) is 12.0 Å². The quantitative estimate of drug-likeness (QED) is 0.849. The van der Waals surface area contributed by atoms with Crippen LogP contribution < -0.4 is 5.32 Å². The summed E-state index contributed by atoms with van der Waals surface area (Å²) < 4.78 is 13.2. The second kappa shape index (κ2) is 5.98. The summed E-state index contributed by atoms with van der Waals surface area (Å²) in [4.78, 5) is 8.87. The molecular weight excluding hydrogens is 289 g/mol. The topological polar surface area (TPSA) is 37.8 Å². The summed E-state index contributed by atoms with van der Waals surface area (Å²) in [6.07, 6.45) is 0. The lowest BCUT2D eigenvalue weighted by atomic mass is 9.95. The summed E-state index contributed by atoms with van der Waals surface area (Å²) in [6.45, 7) is 8.44. The third-order valence-electron chi connectivity index (χ3n) is 3.11. The van der Waals surface area contributed by atoms with Crippen LogP contribution in [0, 0.1) is 12.7 Å². The third kappa shape index (κ3) is 3.91. The van der Waals surface area contributed by atoms with Crippen LogP contribution >= 0.6 is 11.6 Å². The van der Waals surface area contributed by atoms with Crippen molar-refractivity contribution in [3.8, 4) is 0 Å². The summed E-state index contributed by atoms with van der Waals surface area (Å²) in [7, 11) is 0. The number of aromatic nitrogens is 2. The van der Waals surface area contributed by atoms with Gasteiger partial charge in [0, 0.05) is 17.5 Å². The van der Waals surface area contributed by atoms with Crippen molar-refractivity contribution in [3.63, 3.8) is 0 Å². The molecule has 1 aromatic carbocycles. The summed E-state index contributed by atoms with van der Waals surface area (Å²) in [6, 6.07) is 6.47. The van der Waals surface area contributed by atoms with Gasteiger partial charge in [-0.15, -0.1) is 0 Å². The number of hydrogen-bond acceptors (Lipinski definition) is 3. The van der Waals surface area contributed by atoms with Crippen molar-refractivity contribution in [2.45, 2.75) is 39.7 Å². The van der Waals surface area contributed by atoms with Crippen molar-refractivity contribution in [1.29, 1.82) is 0 Å². The van der Waals surface area contributed by atoms with Crippen LogP contribution in [0.25, 0.3) is 0 Å². The highest BCUT2D eigenvalue weighted by atomic mass is 35.5. The molecule has 3 nitrogen and oxygen atoms in total. The van der Waals surface area contributed by atoms with Gasteiger partial charge < -0.3 is 5.32 Å². The van der Waals surface area contributed by atoms with E-state index in [0.717, 1.165) is 11.1 Å². The van der Waals surface area contributed by atoms with E-state index in [9.17, 15) is 4.39 Å². The maximum absolute atomic E-state index is 13.2. The largest absolute Gasteiger partial charge is 0.366 e. The SMILES string of the molecule is Cc1c(Cl)nc(C(C)(C)C)nc1NCc1cccc(F)c1.